The highest BCUT2D eigenvalue weighted by Gasteiger charge is 2.23. The Morgan fingerprint density at radius 2 is 2.32 bits per heavy atom. The molecule has 0 spiro atoms. The number of nitrogen functional groups attached to an aromatic ring is 1. The predicted octanol–water partition coefficient (Wildman–Crippen LogP) is 2.28. The fourth-order valence-electron chi connectivity index (χ4n) is 3.03. The minimum Gasteiger partial charge on any atom is -0.381 e. The lowest BCUT2D eigenvalue weighted by Gasteiger charge is -2.37. The molecule has 1 aliphatic rings. The second-order valence-electron chi connectivity index (χ2n) is 6.38. The summed E-state index contributed by atoms with van der Waals surface area (Å²) in [5.41, 5.74) is 5.77. The lowest BCUT2D eigenvalue weighted by atomic mass is 9.98. The van der Waals surface area contributed by atoms with E-state index < -0.39 is 0 Å². The van der Waals surface area contributed by atoms with Gasteiger partial charge >= 0.3 is 0 Å². The Bertz CT molecular complexity index is 502. The molecule has 0 unspecified atom stereocenters. The summed E-state index contributed by atoms with van der Waals surface area (Å²) >= 11 is 5.92. The number of nitrogens with one attached hydrogen (secondary N) is 2. The van der Waals surface area contributed by atoms with Gasteiger partial charge in [0, 0.05) is 19.1 Å². The molecule has 1 amide bonds. The number of likely N-dealkylation sites (tertiary alicyclic amines) is 1. The number of amides is 1. The average Bonchev–Trinajstić information content (AvgIpc) is 2.80. The van der Waals surface area contributed by atoms with Crippen molar-refractivity contribution in [2.45, 2.75) is 45.6 Å². The number of carbonyl (C=O) groups is 1. The molecule has 2 rings (SSSR count). The van der Waals surface area contributed by atoms with Gasteiger partial charge < -0.3 is 16.0 Å². The summed E-state index contributed by atoms with van der Waals surface area (Å²) in [4.78, 5) is 14.6. The number of anilines is 1. The molecule has 0 aromatic carbocycles. The van der Waals surface area contributed by atoms with Gasteiger partial charge in [-0.1, -0.05) is 31.9 Å². The van der Waals surface area contributed by atoms with Crippen LogP contribution in [0.5, 0.6) is 0 Å². The maximum absolute atomic E-state index is 12.0. The third-order valence-electron chi connectivity index (χ3n) is 4.07. The van der Waals surface area contributed by atoms with Crippen LogP contribution in [-0.4, -0.2) is 46.7 Å². The smallest absolute Gasteiger partial charge is 0.270 e. The topological polar surface area (TPSA) is 87.0 Å². The monoisotopic (exact) mass is 327 g/mol. The molecule has 1 atom stereocenters. The van der Waals surface area contributed by atoms with Crippen LogP contribution in [0.3, 0.4) is 0 Å². The van der Waals surface area contributed by atoms with E-state index in [0.717, 1.165) is 13.0 Å². The summed E-state index contributed by atoms with van der Waals surface area (Å²) in [6.07, 6.45) is 4.72. The zero-order valence-electron chi connectivity index (χ0n) is 13.4. The molecule has 4 N–H and O–H groups in total. The molecule has 1 saturated heterocycles. The third kappa shape index (κ3) is 4.36. The quantitative estimate of drug-likeness (QED) is 0.748. The maximum Gasteiger partial charge on any atom is 0.270 e. The molecule has 1 fully saturated rings. The van der Waals surface area contributed by atoms with Crippen molar-refractivity contribution in [1.82, 2.24) is 20.4 Å². The lowest BCUT2D eigenvalue weighted by molar-refractivity contribution is 0.0929. The molecule has 1 aliphatic heterocycles. The molecular formula is C15H26ClN5O. The van der Waals surface area contributed by atoms with Gasteiger partial charge in [-0.3, -0.25) is 9.89 Å². The Hall–Kier alpha value is -1.27. The zero-order valence-corrected chi connectivity index (χ0v) is 14.1. The number of rotatable bonds is 6. The fraction of sp³-hybridized carbons (Fsp3) is 0.733. The van der Waals surface area contributed by atoms with Crippen LogP contribution in [0.2, 0.25) is 5.02 Å². The van der Waals surface area contributed by atoms with E-state index in [1.54, 1.807) is 0 Å². The number of carbonyl (C=O) groups excluding carboxylic acids is 1. The van der Waals surface area contributed by atoms with E-state index in [9.17, 15) is 4.79 Å². The summed E-state index contributed by atoms with van der Waals surface area (Å²) in [5, 5.41) is 9.39. The molecule has 22 heavy (non-hydrogen) atoms. The van der Waals surface area contributed by atoms with Crippen LogP contribution in [0.25, 0.3) is 0 Å². The SMILES string of the molecule is CC(C)CN1CCCC[C@H]1CCNC(=O)c1[nH]nc(N)c1Cl. The summed E-state index contributed by atoms with van der Waals surface area (Å²) in [6.45, 7) is 7.42. The predicted molar refractivity (Wildman–Crippen MR) is 89.0 cm³/mol. The van der Waals surface area contributed by atoms with Crippen LogP contribution in [0.4, 0.5) is 5.82 Å². The highest BCUT2D eigenvalue weighted by atomic mass is 35.5. The number of H-pyrrole nitrogens is 1. The number of aromatic amines is 1. The molecule has 7 heteroatoms. The summed E-state index contributed by atoms with van der Waals surface area (Å²) in [5.74, 6) is 0.574. The van der Waals surface area contributed by atoms with Gasteiger partial charge in [-0.15, -0.1) is 0 Å². The van der Waals surface area contributed by atoms with Gasteiger partial charge in [0.15, 0.2) is 5.82 Å². The van der Waals surface area contributed by atoms with Crippen molar-refractivity contribution in [3.63, 3.8) is 0 Å². The third-order valence-corrected chi connectivity index (χ3v) is 4.45. The molecule has 0 radical (unpaired) electrons. The van der Waals surface area contributed by atoms with Gasteiger partial charge in [-0.25, -0.2) is 0 Å². The van der Waals surface area contributed by atoms with Crippen molar-refractivity contribution in [1.29, 1.82) is 0 Å². The van der Waals surface area contributed by atoms with Crippen LogP contribution >= 0.6 is 11.6 Å². The summed E-state index contributed by atoms with van der Waals surface area (Å²) in [7, 11) is 0. The normalized spacial score (nSPS) is 19.5. The van der Waals surface area contributed by atoms with Crippen molar-refractivity contribution in [3.8, 4) is 0 Å². The first-order chi connectivity index (χ1) is 10.5. The first kappa shape index (κ1) is 17.1. The second kappa shape index (κ2) is 7.83. The first-order valence-electron chi connectivity index (χ1n) is 8.00. The van der Waals surface area contributed by atoms with E-state index in [1.807, 2.05) is 0 Å². The van der Waals surface area contributed by atoms with Crippen LogP contribution in [-0.2, 0) is 0 Å². The number of hydrogen-bond donors (Lipinski definition) is 3. The van der Waals surface area contributed by atoms with E-state index in [-0.39, 0.29) is 22.4 Å². The van der Waals surface area contributed by atoms with Crippen LogP contribution < -0.4 is 11.1 Å². The fourth-order valence-corrected chi connectivity index (χ4v) is 3.20. The number of nitrogens with two attached hydrogens (primary N) is 1. The van der Waals surface area contributed by atoms with E-state index in [1.165, 1.54) is 25.8 Å². The number of hydrogen-bond acceptors (Lipinski definition) is 4. The molecule has 2 heterocycles. The van der Waals surface area contributed by atoms with Crippen LogP contribution in [0, 0.1) is 5.92 Å². The molecule has 124 valence electrons. The molecule has 6 nitrogen and oxygen atoms in total. The van der Waals surface area contributed by atoms with Crippen molar-refractivity contribution in [2.75, 3.05) is 25.4 Å². The maximum atomic E-state index is 12.0. The van der Waals surface area contributed by atoms with E-state index >= 15 is 0 Å². The molecule has 0 aliphatic carbocycles. The Kier molecular flexibility index (Phi) is 6.08. The minimum atomic E-state index is -0.250. The molecule has 1 aromatic rings. The first-order valence-corrected chi connectivity index (χ1v) is 8.38. The molecule has 0 bridgehead atoms. The zero-order chi connectivity index (χ0) is 16.1. The Labute approximate surface area is 136 Å². The summed E-state index contributed by atoms with van der Waals surface area (Å²) in [6, 6.07) is 0.554. The number of aromatic nitrogens is 2. The highest BCUT2D eigenvalue weighted by Crippen LogP contribution is 2.21. The Balaban J connectivity index is 1.81. The van der Waals surface area contributed by atoms with Crippen molar-refractivity contribution >= 4 is 23.3 Å². The molecule has 0 saturated carbocycles. The standard InChI is InChI=1S/C15H26ClN5O/c1-10(2)9-21-8-4-3-5-11(21)6-7-18-15(22)13-12(16)14(17)20-19-13/h10-11H,3-9H2,1-2H3,(H,18,22)(H3,17,19,20)/t11-/m0/s1. The highest BCUT2D eigenvalue weighted by molar-refractivity contribution is 6.35. The lowest BCUT2D eigenvalue weighted by Crippen LogP contribution is -2.43. The second-order valence-corrected chi connectivity index (χ2v) is 6.76. The molecule has 1 aromatic heterocycles. The van der Waals surface area contributed by atoms with E-state index in [4.69, 9.17) is 17.3 Å². The Morgan fingerprint density at radius 1 is 1.55 bits per heavy atom. The van der Waals surface area contributed by atoms with Gasteiger partial charge in [0.2, 0.25) is 0 Å². The summed E-state index contributed by atoms with van der Waals surface area (Å²) < 4.78 is 0. The van der Waals surface area contributed by atoms with E-state index in [2.05, 4.69) is 34.3 Å². The van der Waals surface area contributed by atoms with Crippen molar-refractivity contribution in [2.24, 2.45) is 5.92 Å². The van der Waals surface area contributed by atoms with Gasteiger partial charge in [0.05, 0.1) is 0 Å². The van der Waals surface area contributed by atoms with Gasteiger partial charge in [-0.2, -0.15) is 5.10 Å². The van der Waals surface area contributed by atoms with E-state index in [0.29, 0.717) is 18.5 Å². The van der Waals surface area contributed by atoms with Crippen LogP contribution in [0.15, 0.2) is 0 Å². The number of nitrogens with zero attached hydrogens (tertiary/aromatic N) is 2. The van der Waals surface area contributed by atoms with Crippen molar-refractivity contribution < 1.29 is 4.79 Å². The molecular weight excluding hydrogens is 302 g/mol. The van der Waals surface area contributed by atoms with Crippen molar-refractivity contribution in [3.05, 3.63) is 10.7 Å². The largest absolute Gasteiger partial charge is 0.381 e. The van der Waals surface area contributed by atoms with Crippen LogP contribution in [0.1, 0.15) is 50.0 Å². The van der Waals surface area contributed by atoms with Gasteiger partial charge in [-0.05, 0) is 31.7 Å². The number of halogens is 1. The van der Waals surface area contributed by atoms with Gasteiger partial charge in [0.1, 0.15) is 10.7 Å². The minimum absolute atomic E-state index is 0.155. The van der Waals surface area contributed by atoms with Gasteiger partial charge in [0.25, 0.3) is 5.91 Å². The average molecular weight is 328 g/mol. The Morgan fingerprint density at radius 3 is 2.95 bits per heavy atom. The number of piperidine rings is 1.